The summed E-state index contributed by atoms with van der Waals surface area (Å²) in [7, 11) is 0. The molecule has 0 aliphatic rings. The van der Waals surface area contributed by atoms with Gasteiger partial charge in [-0.2, -0.15) is 0 Å². The number of fused-ring (bicyclic) bond motifs is 7. The van der Waals surface area contributed by atoms with Crippen LogP contribution >= 0.6 is 0 Å². The van der Waals surface area contributed by atoms with Crippen LogP contribution in [0.3, 0.4) is 0 Å². The zero-order valence-electron chi connectivity index (χ0n) is 33.6. The molecule has 0 bridgehead atoms. The van der Waals surface area contributed by atoms with Gasteiger partial charge in [-0.15, -0.1) is 0 Å². The molecule has 0 saturated carbocycles. The van der Waals surface area contributed by atoms with Gasteiger partial charge in [0.05, 0.1) is 5.69 Å². The molecule has 7 aromatic carbocycles. The predicted molar refractivity (Wildman–Crippen MR) is 237 cm³/mol. The van der Waals surface area contributed by atoms with Gasteiger partial charge in [0.25, 0.3) is 0 Å². The zero-order chi connectivity index (χ0) is 38.9. The van der Waals surface area contributed by atoms with Gasteiger partial charge < -0.3 is 18.6 Å². The Bertz CT molecular complexity index is 2860. The molecule has 0 amide bonds. The summed E-state index contributed by atoms with van der Waals surface area (Å²) < 4.78 is 13.8. The summed E-state index contributed by atoms with van der Waals surface area (Å²) in [6.07, 6.45) is 0. The minimum Gasteiger partial charge on any atom is -0.456 e. The van der Waals surface area contributed by atoms with E-state index < -0.39 is 0 Å². The summed E-state index contributed by atoms with van der Waals surface area (Å²) in [5.41, 5.74) is 14.6. The Balaban J connectivity index is 1.28. The largest absolute Gasteiger partial charge is 0.456 e. The minimum absolute atomic E-state index is 0.0379. The highest BCUT2D eigenvalue weighted by Crippen LogP contribution is 2.49. The van der Waals surface area contributed by atoms with Crippen molar-refractivity contribution in [2.45, 2.75) is 66.2 Å². The fraction of sp³-hybridized carbons (Fsp3) is 0.192. The number of hydrogen-bond acceptors (Lipinski definition) is 4. The van der Waals surface area contributed by atoms with Crippen LogP contribution in [0.4, 0.5) is 34.1 Å². The summed E-state index contributed by atoms with van der Waals surface area (Å²) in [6.45, 7) is 17.8. The number of aryl methyl sites for hydroxylation is 2. The van der Waals surface area contributed by atoms with Gasteiger partial charge in [-0.05, 0) is 103 Å². The molecule has 0 N–H and O–H groups in total. The molecule has 4 heteroatoms. The number of benzene rings is 7. The van der Waals surface area contributed by atoms with Crippen molar-refractivity contribution in [3.05, 3.63) is 168 Å². The topological polar surface area (TPSA) is 32.8 Å². The van der Waals surface area contributed by atoms with E-state index in [-0.39, 0.29) is 10.8 Å². The number of furan rings is 2. The van der Waals surface area contributed by atoms with Gasteiger partial charge in [0, 0.05) is 62.1 Å². The van der Waals surface area contributed by atoms with Gasteiger partial charge >= 0.3 is 0 Å². The van der Waals surface area contributed by atoms with E-state index in [0.717, 1.165) is 78.0 Å². The molecule has 278 valence electrons. The maximum Gasteiger partial charge on any atom is 0.160 e. The lowest BCUT2D eigenvalue weighted by Gasteiger charge is -2.27. The second-order valence-electron chi connectivity index (χ2n) is 17.3. The molecule has 0 radical (unpaired) electrons. The molecule has 0 aliphatic heterocycles. The van der Waals surface area contributed by atoms with Crippen molar-refractivity contribution in [2.24, 2.45) is 0 Å². The number of para-hydroxylation sites is 1. The van der Waals surface area contributed by atoms with Crippen molar-refractivity contribution < 1.29 is 8.83 Å². The molecule has 0 unspecified atom stereocenters. The van der Waals surface area contributed by atoms with Crippen molar-refractivity contribution in [1.82, 2.24) is 0 Å². The fourth-order valence-electron chi connectivity index (χ4n) is 7.92. The maximum absolute atomic E-state index is 6.97. The van der Waals surface area contributed by atoms with Crippen LogP contribution in [0.2, 0.25) is 0 Å². The van der Waals surface area contributed by atoms with E-state index in [2.05, 4.69) is 205 Å². The Labute approximate surface area is 329 Å². The predicted octanol–water partition coefficient (Wildman–Crippen LogP) is 15.6. The second-order valence-corrected chi connectivity index (χ2v) is 17.3. The van der Waals surface area contributed by atoms with E-state index in [1.807, 2.05) is 6.07 Å². The first-order valence-corrected chi connectivity index (χ1v) is 19.6. The summed E-state index contributed by atoms with van der Waals surface area (Å²) in [5.74, 6) is 0. The van der Waals surface area contributed by atoms with Crippen LogP contribution in [-0.2, 0) is 10.8 Å². The number of anilines is 6. The molecule has 0 spiro atoms. The van der Waals surface area contributed by atoms with E-state index in [0.29, 0.717) is 0 Å². The van der Waals surface area contributed by atoms with E-state index in [1.54, 1.807) is 0 Å². The molecule has 2 heterocycles. The molecule has 9 rings (SSSR count). The van der Waals surface area contributed by atoms with E-state index in [1.165, 1.54) is 22.3 Å². The SMILES string of the molecule is Cc1ccc(N(c2ccc(C(C)(C)C)cc2)c2ccc3c(c2)oc2cc(N(c4ccc(C)cc4)c4ccc(C(C)(C)C)cc4)c4oc5ccccc5c4c23)cc1. The Morgan fingerprint density at radius 2 is 0.857 bits per heavy atom. The number of nitrogens with zero attached hydrogens (tertiary/aromatic N) is 2. The Morgan fingerprint density at radius 3 is 1.39 bits per heavy atom. The molecule has 0 atom stereocenters. The van der Waals surface area contributed by atoms with Crippen molar-refractivity contribution in [3.63, 3.8) is 0 Å². The lowest BCUT2D eigenvalue weighted by molar-refractivity contribution is 0.590. The van der Waals surface area contributed by atoms with Crippen molar-refractivity contribution in [3.8, 4) is 0 Å². The first kappa shape index (κ1) is 35.4. The molecule has 56 heavy (non-hydrogen) atoms. The third kappa shape index (κ3) is 6.20. The third-order valence-electron chi connectivity index (χ3n) is 11.1. The normalized spacial score (nSPS) is 12.3. The van der Waals surface area contributed by atoms with Crippen LogP contribution in [0.25, 0.3) is 43.9 Å². The van der Waals surface area contributed by atoms with Gasteiger partial charge in [-0.25, -0.2) is 0 Å². The van der Waals surface area contributed by atoms with Gasteiger partial charge in [0.2, 0.25) is 0 Å². The lowest BCUT2D eigenvalue weighted by atomic mass is 9.87. The summed E-state index contributed by atoms with van der Waals surface area (Å²) in [5, 5.41) is 4.22. The molecular weight excluding hydrogens is 685 g/mol. The smallest absolute Gasteiger partial charge is 0.160 e. The van der Waals surface area contributed by atoms with Crippen molar-refractivity contribution in [2.75, 3.05) is 9.80 Å². The minimum atomic E-state index is 0.0379. The lowest BCUT2D eigenvalue weighted by Crippen LogP contribution is -2.13. The molecule has 4 nitrogen and oxygen atoms in total. The van der Waals surface area contributed by atoms with Crippen molar-refractivity contribution in [1.29, 1.82) is 0 Å². The van der Waals surface area contributed by atoms with E-state index >= 15 is 0 Å². The standard InChI is InChI=1S/C52H48N2O2/c1-33-13-21-37(22-14-33)53(38-25-17-35(18-26-38)51(3,4)5)41-29-30-43-46(31-41)55-47-32-44(50-49(48(43)47)42-11-9-10-12-45(42)56-50)54(39-23-15-34(2)16-24-39)40-27-19-36(20-28-40)52(6,7)8/h9-32H,1-8H3. The first-order valence-electron chi connectivity index (χ1n) is 19.6. The molecule has 0 saturated heterocycles. The van der Waals surface area contributed by atoms with E-state index in [9.17, 15) is 0 Å². The monoisotopic (exact) mass is 732 g/mol. The van der Waals surface area contributed by atoms with Crippen LogP contribution in [-0.4, -0.2) is 0 Å². The van der Waals surface area contributed by atoms with Gasteiger partial charge in [0.1, 0.15) is 16.7 Å². The summed E-state index contributed by atoms with van der Waals surface area (Å²) >= 11 is 0. The van der Waals surface area contributed by atoms with Gasteiger partial charge in [-0.3, -0.25) is 0 Å². The van der Waals surface area contributed by atoms with Crippen LogP contribution in [0, 0.1) is 13.8 Å². The average Bonchev–Trinajstić information content (AvgIpc) is 3.74. The molecule has 0 aliphatic carbocycles. The zero-order valence-corrected chi connectivity index (χ0v) is 33.6. The van der Waals surface area contributed by atoms with Crippen LogP contribution in [0.15, 0.2) is 154 Å². The molecule has 2 aromatic heterocycles. The van der Waals surface area contributed by atoms with Gasteiger partial charge in [-0.1, -0.05) is 119 Å². The number of rotatable bonds is 6. The summed E-state index contributed by atoms with van der Waals surface area (Å²) in [4.78, 5) is 4.61. The third-order valence-corrected chi connectivity index (χ3v) is 11.1. The quantitative estimate of drug-likeness (QED) is 0.170. The first-order chi connectivity index (χ1) is 26.8. The second kappa shape index (κ2) is 13.2. The highest BCUT2D eigenvalue weighted by atomic mass is 16.3. The summed E-state index contributed by atoms with van der Waals surface area (Å²) in [6, 6.07) is 52.4. The average molecular weight is 733 g/mol. The molecule has 9 aromatic rings. The maximum atomic E-state index is 6.97. The Hall–Kier alpha value is -6.26. The fourth-order valence-corrected chi connectivity index (χ4v) is 7.92. The highest BCUT2D eigenvalue weighted by molar-refractivity contribution is 6.28. The Kier molecular flexibility index (Phi) is 8.35. The van der Waals surface area contributed by atoms with Crippen molar-refractivity contribution >= 4 is 78.0 Å². The molecule has 0 fully saturated rings. The van der Waals surface area contributed by atoms with Gasteiger partial charge in [0.15, 0.2) is 5.58 Å². The molecular formula is C52H48N2O2. The van der Waals surface area contributed by atoms with E-state index in [4.69, 9.17) is 8.83 Å². The highest BCUT2D eigenvalue weighted by Gasteiger charge is 2.26. The Morgan fingerprint density at radius 1 is 0.393 bits per heavy atom. The van der Waals surface area contributed by atoms with Crippen LogP contribution in [0.5, 0.6) is 0 Å². The van der Waals surface area contributed by atoms with Crippen LogP contribution in [0.1, 0.15) is 63.8 Å². The number of hydrogen-bond donors (Lipinski definition) is 0. The van der Waals surface area contributed by atoms with Crippen LogP contribution < -0.4 is 9.80 Å².